The van der Waals surface area contributed by atoms with Crippen LogP contribution in [0.3, 0.4) is 0 Å². The first kappa shape index (κ1) is 11.6. The van der Waals surface area contributed by atoms with Crippen molar-refractivity contribution in [1.29, 1.82) is 0 Å². The number of methoxy groups -OCH3 is 1. The van der Waals surface area contributed by atoms with Gasteiger partial charge in [0.15, 0.2) is 5.78 Å². The fourth-order valence-corrected chi connectivity index (χ4v) is 1.74. The Bertz CT molecular complexity index is 395. The largest absolute Gasteiger partial charge is 0.496 e. The second kappa shape index (κ2) is 4.39. The van der Waals surface area contributed by atoms with Gasteiger partial charge in [-0.15, -0.1) is 0 Å². The van der Waals surface area contributed by atoms with Crippen LogP contribution in [0.4, 0.5) is 5.69 Å². The van der Waals surface area contributed by atoms with Crippen molar-refractivity contribution >= 4 is 27.4 Å². The van der Waals surface area contributed by atoms with E-state index < -0.39 is 4.92 Å². The van der Waals surface area contributed by atoms with Crippen LogP contribution in [-0.4, -0.2) is 17.8 Å². The van der Waals surface area contributed by atoms with Crippen molar-refractivity contribution in [2.75, 3.05) is 7.11 Å². The van der Waals surface area contributed by atoms with Crippen molar-refractivity contribution in [2.24, 2.45) is 0 Å². The third-order valence-electron chi connectivity index (χ3n) is 1.84. The maximum atomic E-state index is 11.2. The van der Waals surface area contributed by atoms with Gasteiger partial charge in [0.2, 0.25) is 0 Å². The molecule has 0 amide bonds. The molecule has 5 nitrogen and oxygen atoms in total. The second-order valence-corrected chi connectivity index (χ2v) is 3.61. The van der Waals surface area contributed by atoms with Gasteiger partial charge in [-0.2, -0.15) is 0 Å². The molecule has 0 fully saturated rings. The summed E-state index contributed by atoms with van der Waals surface area (Å²) in [6.07, 6.45) is 0. The summed E-state index contributed by atoms with van der Waals surface area (Å²) >= 11 is 3.03. The number of carbonyl (C=O) groups is 1. The Labute approximate surface area is 94.3 Å². The van der Waals surface area contributed by atoms with Crippen molar-refractivity contribution in [3.05, 3.63) is 32.3 Å². The number of hydrogen-bond acceptors (Lipinski definition) is 4. The van der Waals surface area contributed by atoms with Gasteiger partial charge in [-0.05, 0) is 28.9 Å². The highest BCUT2D eigenvalue weighted by molar-refractivity contribution is 9.10. The summed E-state index contributed by atoms with van der Waals surface area (Å²) in [5.41, 5.74) is 0.0561. The van der Waals surface area contributed by atoms with Gasteiger partial charge >= 0.3 is 0 Å². The average molecular weight is 274 g/mol. The molecule has 0 aliphatic rings. The van der Waals surface area contributed by atoms with Gasteiger partial charge in [-0.1, -0.05) is 0 Å². The molecular weight excluding hydrogens is 266 g/mol. The molecule has 0 heterocycles. The lowest BCUT2D eigenvalue weighted by Crippen LogP contribution is -1.99. The Kier molecular flexibility index (Phi) is 3.41. The Morgan fingerprint density at radius 3 is 2.53 bits per heavy atom. The maximum Gasteiger partial charge on any atom is 0.287 e. The monoisotopic (exact) mass is 273 g/mol. The highest BCUT2D eigenvalue weighted by Gasteiger charge is 2.20. The Balaban J connectivity index is 3.47. The standard InChI is InChI=1S/C9H8BrNO4/c1-5(12)7-3-6(15-2)4-8(9(7)10)11(13)14/h3-4H,1-2H3. The lowest BCUT2D eigenvalue weighted by atomic mass is 10.1. The van der Waals surface area contributed by atoms with Crippen LogP contribution >= 0.6 is 15.9 Å². The number of nitrogens with zero attached hydrogens (tertiary/aromatic N) is 1. The molecule has 1 aromatic rings. The number of ether oxygens (including phenoxy) is 1. The topological polar surface area (TPSA) is 69.4 Å². The number of hydrogen-bond donors (Lipinski definition) is 0. The van der Waals surface area contributed by atoms with Gasteiger partial charge in [-0.25, -0.2) is 0 Å². The van der Waals surface area contributed by atoms with Crippen molar-refractivity contribution in [3.63, 3.8) is 0 Å². The summed E-state index contributed by atoms with van der Waals surface area (Å²) in [6, 6.07) is 2.72. The molecule has 0 atom stereocenters. The van der Waals surface area contributed by atoms with Gasteiger partial charge in [-0.3, -0.25) is 14.9 Å². The smallest absolute Gasteiger partial charge is 0.287 e. The summed E-state index contributed by atoms with van der Waals surface area (Å²) in [5.74, 6) is 0.0268. The Morgan fingerprint density at radius 1 is 1.53 bits per heavy atom. The van der Waals surface area contributed by atoms with Gasteiger partial charge in [0.1, 0.15) is 10.2 Å². The van der Waals surface area contributed by atoms with Crippen LogP contribution in [0, 0.1) is 10.1 Å². The highest BCUT2D eigenvalue weighted by atomic mass is 79.9. The molecule has 0 unspecified atom stereocenters. The summed E-state index contributed by atoms with van der Waals surface area (Å²) in [4.78, 5) is 21.3. The van der Waals surface area contributed by atoms with E-state index in [0.717, 1.165) is 0 Å². The van der Waals surface area contributed by atoms with Crippen LogP contribution < -0.4 is 4.74 Å². The summed E-state index contributed by atoms with van der Waals surface area (Å²) in [6.45, 7) is 1.34. The number of rotatable bonds is 3. The molecule has 80 valence electrons. The quantitative estimate of drug-likeness (QED) is 0.482. The van der Waals surface area contributed by atoms with E-state index in [1.165, 1.54) is 26.2 Å². The molecule has 0 aliphatic heterocycles. The van der Waals surface area contributed by atoms with E-state index in [-0.39, 0.29) is 27.3 Å². The summed E-state index contributed by atoms with van der Waals surface area (Å²) < 4.78 is 5.05. The number of nitro groups is 1. The molecule has 0 bridgehead atoms. The predicted octanol–water partition coefficient (Wildman–Crippen LogP) is 2.57. The van der Waals surface area contributed by atoms with Crippen molar-refractivity contribution in [2.45, 2.75) is 6.92 Å². The lowest BCUT2D eigenvalue weighted by Gasteiger charge is -2.05. The van der Waals surface area contributed by atoms with Crippen molar-refractivity contribution in [1.82, 2.24) is 0 Å². The molecule has 1 aromatic carbocycles. The average Bonchev–Trinajstić information content (AvgIpc) is 2.17. The van der Waals surface area contributed by atoms with E-state index in [4.69, 9.17) is 4.74 Å². The van der Waals surface area contributed by atoms with E-state index in [1.807, 2.05) is 0 Å². The third kappa shape index (κ3) is 2.33. The number of benzene rings is 1. The maximum absolute atomic E-state index is 11.2. The fourth-order valence-electron chi connectivity index (χ4n) is 1.09. The van der Waals surface area contributed by atoms with Gasteiger partial charge in [0.25, 0.3) is 5.69 Å². The zero-order valence-corrected chi connectivity index (χ0v) is 9.70. The molecule has 1 rings (SSSR count). The van der Waals surface area contributed by atoms with Crippen molar-refractivity contribution < 1.29 is 14.5 Å². The van der Waals surface area contributed by atoms with Crippen LogP contribution in [0.1, 0.15) is 17.3 Å². The number of Topliss-reactive ketones (excluding diaryl/α,β-unsaturated/α-hetero) is 1. The Hall–Kier alpha value is -1.43. The highest BCUT2D eigenvalue weighted by Crippen LogP contribution is 2.33. The molecule has 0 aromatic heterocycles. The molecule has 0 aliphatic carbocycles. The molecule has 0 saturated carbocycles. The zero-order chi connectivity index (χ0) is 11.6. The molecule has 15 heavy (non-hydrogen) atoms. The van der Waals surface area contributed by atoms with Crippen LogP contribution in [0.2, 0.25) is 0 Å². The first-order valence-corrected chi connectivity index (χ1v) is 4.79. The number of halogens is 1. The molecule has 0 spiro atoms. The van der Waals surface area contributed by atoms with E-state index in [9.17, 15) is 14.9 Å². The zero-order valence-electron chi connectivity index (χ0n) is 8.11. The molecule has 0 N–H and O–H groups in total. The van der Waals surface area contributed by atoms with Crippen LogP contribution in [-0.2, 0) is 0 Å². The number of nitro benzene ring substituents is 1. The van der Waals surface area contributed by atoms with E-state index in [2.05, 4.69) is 15.9 Å². The minimum absolute atomic E-state index is 0.181. The van der Waals surface area contributed by atoms with Gasteiger partial charge in [0.05, 0.1) is 18.1 Å². The lowest BCUT2D eigenvalue weighted by molar-refractivity contribution is -0.385. The number of ketones is 1. The first-order chi connectivity index (χ1) is 6.97. The fraction of sp³-hybridized carbons (Fsp3) is 0.222. The summed E-state index contributed by atoms with van der Waals surface area (Å²) in [5, 5.41) is 10.7. The molecule has 6 heteroatoms. The molecule has 0 radical (unpaired) electrons. The van der Waals surface area contributed by atoms with E-state index in [1.54, 1.807) is 0 Å². The molecular formula is C9H8BrNO4. The first-order valence-electron chi connectivity index (χ1n) is 4.00. The van der Waals surface area contributed by atoms with E-state index in [0.29, 0.717) is 0 Å². The second-order valence-electron chi connectivity index (χ2n) is 2.82. The number of carbonyl (C=O) groups excluding carboxylic acids is 1. The third-order valence-corrected chi connectivity index (χ3v) is 2.67. The van der Waals surface area contributed by atoms with Crippen LogP contribution in [0.15, 0.2) is 16.6 Å². The minimum Gasteiger partial charge on any atom is -0.496 e. The van der Waals surface area contributed by atoms with Crippen molar-refractivity contribution in [3.8, 4) is 5.75 Å². The minimum atomic E-state index is -0.570. The van der Waals surface area contributed by atoms with Gasteiger partial charge < -0.3 is 4.74 Å². The predicted molar refractivity (Wildman–Crippen MR) is 57.4 cm³/mol. The van der Waals surface area contributed by atoms with Crippen LogP contribution in [0.5, 0.6) is 5.75 Å². The van der Waals surface area contributed by atoms with Gasteiger partial charge in [0, 0.05) is 5.56 Å². The molecule has 0 saturated heterocycles. The Morgan fingerprint density at radius 2 is 2.13 bits per heavy atom. The summed E-state index contributed by atoms with van der Waals surface area (Å²) in [7, 11) is 1.39. The SMILES string of the molecule is COc1cc(C(C)=O)c(Br)c([N+](=O)[O-])c1. The van der Waals surface area contributed by atoms with E-state index >= 15 is 0 Å². The van der Waals surface area contributed by atoms with Crippen LogP contribution in [0.25, 0.3) is 0 Å². The normalized spacial score (nSPS) is 9.80.